The van der Waals surface area contributed by atoms with E-state index in [0.717, 1.165) is 0 Å². The van der Waals surface area contributed by atoms with Crippen molar-refractivity contribution in [2.45, 2.75) is 62.9 Å². The Hall–Kier alpha value is -3.79. The number of carbonyl (C=O) groups is 7. The van der Waals surface area contributed by atoms with Crippen LogP contribution in [0, 0.1) is 0 Å². The van der Waals surface area contributed by atoms with Crippen LogP contribution in [-0.2, 0) is 33.6 Å². The van der Waals surface area contributed by atoms with Gasteiger partial charge in [0.2, 0.25) is 17.7 Å². The summed E-state index contributed by atoms with van der Waals surface area (Å²) in [6, 6.07) is -6.94. The Morgan fingerprint density at radius 2 is 1.12 bits per heavy atom. The standard InChI is InChI=1S/C17H26N4O12/c1-6(22)13(18)16(31)20-8(4-11(25)26)15(30)19-7(2-3-10(23)24)14(29)21-9(17(32)33)5-12(27)28/h6-9,13,22H,2-5,18H2,1H3,(H,19,30)(H,20,31)(H,21,29)(H,23,24)(H,25,26)(H,27,28)(H,32,33). The van der Waals surface area contributed by atoms with Crippen molar-refractivity contribution in [3.05, 3.63) is 0 Å². The van der Waals surface area contributed by atoms with E-state index in [4.69, 9.17) is 26.2 Å². The lowest BCUT2D eigenvalue weighted by Crippen LogP contribution is -2.58. The van der Waals surface area contributed by atoms with Gasteiger partial charge in [0.25, 0.3) is 0 Å². The number of nitrogens with two attached hydrogens (primary N) is 1. The van der Waals surface area contributed by atoms with Crippen LogP contribution in [0.1, 0.15) is 32.6 Å². The Kier molecular flexibility index (Phi) is 12.0. The van der Waals surface area contributed by atoms with Crippen LogP contribution in [0.3, 0.4) is 0 Å². The number of aliphatic hydroxyl groups is 1. The predicted octanol–water partition coefficient (Wildman–Crippen LogP) is -3.95. The summed E-state index contributed by atoms with van der Waals surface area (Å²) in [5.74, 6) is -9.80. The molecule has 16 heteroatoms. The molecule has 5 atom stereocenters. The van der Waals surface area contributed by atoms with E-state index in [1.54, 1.807) is 0 Å². The number of carboxylic acids is 4. The van der Waals surface area contributed by atoms with Crippen molar-refractivity contribution in [3.8, 4) is 0 Å². The minimum atomic E-state index is -1.90. The summed E-state index contributed by atoms with van der Waals surface area (Å²) in [6.45, 7) is 1.17. The number of hydrogen-bond donors (Lipinski definition) is 9. The molecule has 0 radical (unpaired) electrons. The first-order valence-electron chi connectivity index (χ1n) is 9.38. The molecule has 0 saturated carbocycles. The predicted molar refractivity (Wildman–Crippen MR) is 104 cm³/mol. The van der Waals surface area contributed by atoms with Gasteiger partial charge in [-0.15, -0.1) is 0 Å². The number of amides is 3. The molecule has 10 N–H and O–H groups in total. The van der Waals surface area contributed by atoms with Crippen molar-refractivity contribution >= 4 is 41.6 Å². The normalized spacial score (nSPS) is 15.1. The van der Waals surface area contributed by atoms with Gasteiger partial charge >= 0.3 is 23.9 Å². The van der Waals surface area contributed by atoms with Crippen molar-refractivity contribution in [3.63, 3.8) is 0 Å². The lowest BCUT2D eigenvalue weighted by Gasteiger charge is -2.24. The van der Waals surface area contributed by atoms with Crippen molar-refractivity contribution in [1.82, 2.24) is 16.0 Å². The topological polar surface area (TPSA) is 283 Å². The van der Waals surface area contributed by atoms with Crippen molar-refractivity contribution in [2.24, 2.45) is 5.73 Å². The van der Waals surface area contributed by atoms with Gasteiger partial charge in [-0.25, -0.2) is 4.79 Å². The number of rotatable bonds is 15. The zero-order chi connectivity index (χ0) is 25.9. The Morgan fingerprint density at radius 1 is 0.697 bits per heavy atom. The molecule has 0 aromatic heterocycles. The summed E-state index contributed by atoms with van der Waals surface area (Å²) in [5.41, 5.74) is 5.42. The van der Waals surface area contributed by atoms with Crippen LogP contribution in [0.2, 0.25) is 0 Å². The maximum atomic E-state index is 12.5. The molecule has 0 fully saturated rings. The Labute approximate surface area is 186 Å². The summed E-state index contributed by atoms with van der Waals surface area (Å²) in [7, 11) is 0. The van der Waals surface area contributed by atoms with Gasteiger partial charge in [-0.2, -0.15) is 0 Å². The van der Waals surface area contributed by atoms with Crippen molar-refractivity contribution < 1.29 is 59.1 Å². The molecule has 33 heavy (non-hydrogen) atoms. The maximum absolute atomic E-state index is 12.5. The fourth-order valence-electron chi connectivity index (χ4n) is 2.33. The van der Waals surface area contributed by atoms with Gasteiger partial charge in [0.1, 0.15) is 24.2 Å². The van der Waals surface area contributed by atoms with Gasteiger partial charge < -0.3 is 47.2 Å². The Balaban J connectivity index is 5.63. The fraction of sp³-hybridized carbons (Fsp3) is 0.588. The Morgan fingerprint density at radius 3 is 1.55 bits per heavy atom. The summed E-state index contributed by atoms with van der Waals surface area (Å²) in [6.07, 6.45) is -4.61. The third kappa shape index (κ3) is 11.4. The second-order valence-electron chi connectivity index (χ2n) is 6.92. The monoisotopic (exact) mass is 478 g/mol. The van der Waals surface area contributed by atoms with E-state index in [0.29, 0.717) is 0 Å². The fourth-order valence-corrected chi connectivity index (χ4v) is 2.33. The van der Waals surface area contributed by atoms with Crippen LogP contribution >= 0.6 is 0 Å². The van der Waals surface area contributed by atoms with E-state index in [1.807, 2.05) is 16.0 Å². The number of nitrogens with one attached hydrogen (secondary N) is 3. The zero-order valence-corrected chi connectivity index (χ0v) is 17.4. The van der Waals surface area contributed by atoms with Crippen LogP contribution < -0.4 is 21.7 Å². The number of aliphatic hydroxyl groups excluding tert-OH is 1. The van der Waals surface area contributed by atoms with Crippen LogP contribution in [-0.4, -0.2) is 97.4 Å². The Bertz CT molecular complexity index is 784. The van der Waals surface area contributed by atoms with Crippen LogP contribution in [0.4, 0.5) is 0 Å². The molecule has 3 amide bonds. The minimum absolute atomic E-state index is 0.576. The molecule has 0 rings (SSSR count). The molecular formula is C17H26N4O12. The second kappa shape index (κ2) is 13.6. The molecule has 5 unspecified atom stereocenters. The van der Waals surface area contributed by atoms with Gasteiger partial charge in [-0.1, -0.05) is 0 Å². The van der Waals surface area contributed by atoms with E-state index in [1.165, 1.54) is 6.92 Å². The first kappa shape index (κ1) is 29.2. The highest BCUT2D eigenvalue weighted by molar-refractivity contribution is 5.96. The first-order chi connectivity index (χ1) is 15.1. The number of carbonyl (C=O) groups excluding carboxylic acids is 3. The molecule has 0 bridgehead atoms. The molecule has 0 aliphatic carbocycles. The summed E-state index contributed by atoms with van der Waals surface area (Å²) in [4.78, 5) is 80.8. The quantitative estimate of drug-likeness (QED) is 0.109. The SMILES string of the molecule is CC(O)C(N)C(=O)NC(CC(=O)O)C(=O)NC(CCC(=O)O)C(=O)NC(CC(=O)O)C(=O)O. The van der Waals surface area contributed by atoms with E-state index in [9.17, 15) is 38.7 Å². The van der Waals surface area contributed by atoms with Crippen LogP contribution in [0.25, 0.3) is 0 Å². The molecule has 0 aromatic rings. The second-order valence-corrected chi connectivity index (χ2v) is 6.92. The zero-order valence-electron chi connectivity index (χ0n) is 17.4. The average molecular weight is 478 g/mol. The molecule has 0 aromatic carbocycles. The molecule has 0 aliphatic heterocycles. The van der Waals surface area contributed by atoms with Crippen molar-refractivity contribution in [2.75, 3.05) is 0 Å². The van der Waals surface area contributed by atoms with E-state index >= 15 is 0 Å². The first-order valence-corrected chi connectivity index (χ1v) is 9.38. The summed E-state index contributed by atoms with van der Waals surface area (Å²) >= 11 is 0. The van der Waals surface area contributed by atoms with Crippen molar-refractivity contribution in [1.29, 1.82) is 0 Å². The molecule has 186 valence electrons. The highest BCUT2D eigenvalue weighted by atomic mass is 16.4. The number of aliphatic carboxylic acids is 4. The molecule has 0 heterocycles. The average Bonchev–Trinajstić information content (AvgIpc) is 2.67. The molecule has 16 nitrogen and oxygen atoms in total. The van der Waals surface area contributed by atoms with E-state index in [-0.39, 0.29) is 0 Å². The van der Waals surface area contributed by atoms with Crippen LogP contribution in [0.15, 0.2) is 0 Å². The minimum Gasteiger partial charge on any atom is -0.481 e. The van der Waals surface area contributed by atoms with E-state index in [2.05, 4.69) is 0 Å². The van der Waals surface area contributed by atoms with Gasteiger partial charge in [-0.3, -0.25) is 28.8 Å². The molecule has 0 aliphatic rings. The molecule has 0 saturated heterocycles. The lowest BCUT2D eigenvalue weighted by atomic mass is 10.1. The van der Waals surface area contributed by atoms with Gasteiger partial charge in [0.15, 0.2) is 0 Å². The van der Waals surface area contributed by atoms with E-state index < -0.39 is 97.6 Å². The van der Waals surface area contributed by atoms with Gasteiger partial charge in [0, 0.05) is 6.42 Å². The summed E-state index contributed by atoms with van der Waals surface area (Å²) < 4.78 is 0. The summed E-state index contributed by atoms with van der Waals surface area (Å²) in [5, 5.41) is 50.8. The van der Waals surface area contributed by atoms with Crippen LogP contribution in [0.5, 0.6) is 0 Å². The van der Waals surface area contributed by atoms with Gasteiger partial charge in [-0.05, 0) is 13.3 Å². The highest BCUT2D eigenvalue weighted by Gasteiger charge is 2.32. The maximum Gasteiger partial charge on any atom is 0.326 e. The lowest BCUT2D eigenvalue weighted by molar-refractivity contribution is -0.147. The smallest absolute Gasteiger partial charge is 0.326 e. The molecular weight excluding hydrogens is 452 g/mol. The largest absolute Gasteiger partial charge is 0.481 e. The highest BCUT2D eigenvalue weighted by Crippen LogP contribution is 2.04. The number of hydrogen-bond acceptors (Lipinski definition) is 9. The number of carboxylic acid groups (broad SMARTS) is 4. The van der Waals surface area contributed by atoms with Gasteiger partial charge in [0.05, 0.1) is 18.9 Å². The molecule has 0 spiro atoms. The third-order valence-electron chi connectivity index (χ3n) is 4.11. The third-order valence-corrected chi connectivity index (χ3v) is 4.11.